The number of aromatic amines is 1. The van der Waals surface area contributed by atoms with Gasteiger partial charge in [-0.2, -0.15) is 0 Å². The van der Waals surface area contributed by atoms with Crippen molar-refractivity contribution >= 4 is 28.1 Å². The van der Waals surface area contributed by atoms with Crippen molar-refractivity contribution < 1.29 is 17.8 Å². The van der Waals surface area contributed by atoms with Crippen molar-refractivity contribution in [3.8, 4) is 0 Å². The number of pyridine rings is 1. The molecule has 2 aromatic heterocycles. The maximum Gasteiger partial charge on any atom is 0.483 e. The average molecular weight is 365 g/mol. The summed E-state index contributed by atoms with van der Waals surface area (Å²) in [7, 11) is -1.22. The number of aromatic nitrogens is 3. The first-order valence-corrected chi connectivity index (χ1v) is 8.71. The summed E-state index contributed by atoms with van der Waals surface area (Å²) >= 11 is 0. The Labute approximate surface area is 146 Å². The molecule has 0 saturated heterocycles. The Morgan fingerprint density at radius 2 is 1.80 bits per heavy atom. The zero-order chi connectivity index (χ0) is 18.6. The van der Waals surface area contributed by atoms with Gasteiger partial charge in [-0.1, -0.05) is 12.1 Å². The first kappa shape index (κ1) is 18.9. The van der Waals surface area contributed by atoms with E-state index in [0.29, 0.717) is 10.9 Å². The minimum atomic E-state index is -2.83. The first-order valence-electron chi connectivity index (χ1n) is 7.39. The fraction of sp³-hybridized carbons (Fsp3) is 0.235. The Bertz CT molecular complexity index is 904. The lowest BCUT2D eigenvalue weighted by Gasteiger charge is -2.09. The minimum Gasteiger partial charge on any atom is -0.331 e. The van der Waals surface area contributed by atoms with Crippen molar-refractivity contribution in [1.82, 2.24) is 15.0 Å². The molecule has 1 aromatic carbocycles. The number of carbonyl (C=O) groups excluding carboxylic acids is 1. The fourth-order valence-corrected chi connectivity index (χ4v) is 3.36. The standard InChI is InChI=1S/C16H17N3OS.CF2O/c1-10-8-17-15(12(3)11(10)2)9-21(20)16-18-13-6-4-5-7-14(13)19-16;2-1(3)4/h4-8H,9H2,1-3H3,(H,18,19);. The van der Waals surface area contributed by atoms with Crippen LogP contribution in [0.15, 0.2) is 35.6 Å². The summed E-state index contributed by atoms with van der Waals surface area (Å²) in [5.74, 6) is 0.382. The highest BCUT2D eigenvalue weighted by atomic mass is 32.2. The number of rotatable bonds is 3. The monoisotopic (exact) mass is 365 g/mol. The second kappa shape index (κ2) is 8.06. The van der Waals surface area contributed by atoms with Crippen LogP contribution in [0.1, 0.15) is 22.4 Å². The number of aryl methyl sites for hydroxylation is 1. The lowest BCUT2D eigenvalue weighted by Crippen LogP contribution is -2.04. The number of para-hydroxylation sites is 2. The number of imidazole rings is 1. The van der Waals surface area contributed by atoms with Crippen LogP contribution in [0.3, 0.4) is 0 Å². The fourth-order valence-electron chi connectivity index (χ4n) is 2.26. The van der Waals surface area contributed by atoms with Crippen LogP contribution in [0.5, 0.6) is 0 Å². The van der Waals surface area contributed by atoms with Gasteiger partial charge in [0, 0.05) is 6.20 Å². The summed E-state index contributed by atoms with van der Waals surface area (Å²) in [6.45, 7) is 6.13. The molecule has 1 atom stereocenters. The van der Waals surface area contributed by atoms with E-state index in [1.165, 1.54) is 5.56 Å². The van der Waals surface area contributed by atoms with Gasteiger partial charge in [0.15, 0.2) is 5.16 Å². The van der Waals surface area contributed by atoms with Gasteiger partial charge in [-0.3, -0.25) is 9.19 Å². The van der Waals surface area contributed by atoms with Crippen molar-refractivity contribution in [2.45, 2.75) is 31.7 Å². The molecule has 0 saturated carbocycles. The van der Waals surface area contributed by atoms with Crippen LogP contribution in [-0.2, 0) is 16.6 Å². The summed E-state index contributed by atoms with van der Waals surface area (Å²) < 4.78 is 31.9. The molecule has 0 aliphatic carbocycles. The number of nitrogens with zero attached hydrogens (tertiary/aromatic N) is 2. The highest BCUT2D eigenvalue weighted by molar-refractivity contribution is 7.84. The molecule has 0 amide bonds. The number of halogens is 2. The zero-order valence-corrected chi connectivity index (χ0v) is 14.8. The number of nitrogens with one attached hydrogen (secondary N) is 1. The highest BCUT2D eigenvalue weighted by Gasteiger charge is 2.14. The lowest BCUT2D eigenvalue weighted by atomic mass is 10.1. The van der Waals surface area contributed by atoms with Crippen LogP contribution in [0.2, 0.25) is 0 Å². The zero-order valence-electron chi connectivity index (χ0n) is 14.0. The molecule has 5 nitrogen and oxygen atoms in total. The maximum absolute atomic E-state index is 12.5. The number of fused-ring (bicyclic) bond motifs is 1. The summed E-state index contributed by atoms with van der Waals surface area (Å²) in [4.78, 5) is 20.1. The summed E-state index contributed by atoms with van der Waals surface area (Å²) in [6.07, 6.45) is -0.993. The number of hydrogen-bond acceptors (Lipinski definition) is 4. The molecule has 132 valence electrons. The predicted octanol–water partition coefficient (Wildman–Crippen LogP) is 4.24. The van der Waals surface area contributed by atoms with Crippen LogP contribution in [0.25, 0.3) is 11.0 Å². The second-order valence-corrected chi connectivity index (χ2v) is 6.78. The SMILES string of the molecule is Cc1cnc(CS(=O)c2nc3ccccc3[nH]2)c(C)c1C.O=C(F)F. The van der Waals surface area contributed by atoms with Crippen molar-refractivity contribution in [2.75, 3.05) is 0 Å². The Hall–Kier alpha value is -2.48. The molecule has 3 rings (SSSR count). The molecular weight excluding hydrogens is 348 g/mol. The van der Waals surface area contributed by atoms with Gasteiger partial charge in [-0.15, -0.1) is 8.78 Å². The molecule has 3 aromatic rings. The maximum atomic E-state index is 12.5. The molecular formula is C17H17F2N3O2S. The smallest absolute Gasteiger partial charge is 0.331 e. The van der Waals surface area contributed by atoms with E-state index in [2.05, 4.69) is 21.9 Å². The van der Waals surface area contributed by atoms with Crippen LogP contribution in [0.4, 0.5) is 13.6 Å². The normalized spacial score (nSPS) is 11.7. The topological polar surface area (TPSA) is 75.7 Å². The Morgan fingerprint density at radius 3 is 2.44 bits per heavy atom. The Morgan fingerprint density at radius 1 is 1.16 bits per heavy atom. The van der Waals surface area contributed by atoms with Gasteiger partial charge in [0.05, 0.1) is 33.3 Å². The van der Waals surface area contributed by atoms with Crippen LogP contribution in [-0.4, -0.2) is 25.5 Å². The van der Waals surface area contributed by atoms with E-state index in [-0.39, 0.29) is 0 Å². The van der Waals surface area contributed by atoms with E-state index in [4.69, 9.17) is 4.79 Å². The molecule has 0 aliphatic heterocycles. The molecule has 1 unspecified atom stereocenters. The van der Waals surface area contributed by atoms with Gasteiger partial charge in [-0.05, 0) is 49.6 Å². The summed E-state index contributed by atoms with van der Waals surface area (Å²) in [6, 6.07) is 7.70. The molecule has 0 bridgehead atoms. The van der Waals surface area contributed by atoms with Crippen molar-refractivity contribution in [3.63, 3.8) is 0 Å². The highest BCUT2D eigenvalue weighted by Crippen LogP contribution is 2.19. The van der Waals surface area contributed by atoms with Crippen molar-refractivity contribution in [1.29, 1.82) is 0 Å². The Balaban J connectivity index is 0.000000511. The van der Waals surface area contributed by atoms with Gasteiger partial charge in [0.25, 0.3) is 0 Å². The molecule has 0 aliphatic rings. The van der Waals surface area contributed by atoms with E-state index < -0.39 is 17.1 Å². The van der Waals surface area contributed by atoms with Gasteiger partial charge >= 0.3 is 6.29 Å². The quantitative estimate of drug-likeness (QED) is 0.705. The van der Waals surface area contributed by atoms with Gasteiger partial charge in [0.1, 0.15) is 0 Å². The van der Waals surface area contributed by atoms with Crippen LogP contribution >= 0.6 is 0 Å². The van der Waals surface area contributed by atoms with E-state index in [0.717, 1.165) is 27.9 Å². The first-order chi connectivity index (χ1) is 11.8. The third-order valence-electron chi connectivity index (χ3n) is 3.85. The van der Waals surface area contributed by atoms with Crippen molar-refractivity contribution in [3.05, 3.63) is 52.8 Å². The number of carbonyl (C=O) groups is 1. The number of H-pyrrole nitrogens is 1. The third-order valence-corrected chi connectivity index (χ3v) is 5.01. The van der Waals surface area contributed by atoms with Crippen LogP contribution < -0.4 is 0 Å². The molecule has 25 heavy (non-hydrogen) atoms. The number of benzene rings is 1. The predicted molar refractivity (Wildman–Crippen MR) is 92.3 cm³/mol. The second-order valence-electron chi connectivity index (χ2n) is 5.41. The van der Waals surface area contributed by atoms with E-state index >= 15 is 0 Å². The van der Waals surface area contributed by atoms with Gasteiger partial charge in [0.2, 0.25) is 0 Å². The minimum absolute atomic E-state index is 0.382. The van der Waals surface area contributed by atoms with Gasteiger partial charge < -0.3 is 4.98 Å². The van der Waals surface area contributed by atoms with Crippen molar-refractivity contribution in [2.24, 2.45) is 0 Å². The van der Waals surface area contributed by atoms with E-state index in [1.807, 2.05) is 44.3 Å². The molecule has 2 heterocycles. The molecule has 8 heteroatoms. The third kappa shape index (κ3) is 4.76. The largest absolute Gasteiger partial charge is 0.483 e. The molecule has 1 N–H and O–H groups in total. The molecule has 0 fully saturated rings. The molecule has 0 spiro atoms. The van der Waals surface area contributed by atoms with Crippen LogP contribution in [0, 0.1) is 20.8 Å². The lowest BCUT2D eigenvalue weighted by molar-refractivity contribution is 0.199. The molecule has 0 radical (unpaired) electrons. The average Bonchev–Trinajstić information content (AvgIpc) is 2.99. The summed E-state index contributed by atoms with van der Waals surface area (Å²) in [5, 5.41) is 0.510. The summed E-state index contributed by atoms with van der Waals surface area (Å²) in [5.41, 5.74) is 6.10. The number of hydrogen-bond donors (Lipinski definition) is 1. The Kier molecular flexibility index (Phi) is 6.08. The van der Waals surface area contributed by atoms with Gasteiger partial charge in [-0.25, -0.2) is 9.78 Å². The van der Waals surface area contributed by atoms with E-state index in [9.17, 15) is 13.0 Å². The van der Waals surface area contributed by atoms with E-state index in [1.54, 1.807) is 0 Å².